The molecule has 0 spiro atoms. The normalized spacial score (nSPS) is 17.1. The predicted molar refractivity (Wildman–Crippen MR) is 112 cm³/mol. The summed E-state index contributed by atoms with van der Waals surface area (Å²) in [4.78, 5) is 3.67. The molecule has 1 saturated heterocycles. The fourth-order valence-electron chi connectivity index (χ4n) is 3.51. The Kier molecular flexibility index (Phi) is 7.74. The summed E-state index contributed by atoms with van der Waals surface area (Å²) in [5.41, 5.74) is 1.35. The highest BCUT2D eigenvalue weighted by atomic mass is 32.2. The zero-order valence-corrected chi connectivity index (χ0v) is 17.0. The van der Waals surface area contributed by atoms with Crippen molar-refractivity contribution in [2.45, 2.75) is 43.1 Å². The van der Waals surface area contributed by atoms with Crippen LogP contribution in [0.2, 0.25) is 0 Å². The van der Waals surface area contributed by atoms with Crippen LogP contribution in [0, 0.1) is 5.82 Å². The number of ether oxygens (including phenoxy) is 1. The number of likely N-dealkylation sites (tertiary alicyclic amines) is 1. The summed E-state index contributed by atoms with van der Waals surface area (Å²) < 4.78 is 19.5. The van der Waals surface area contributed by atoms with Crippen LogP contribution in [-0.2, 0) is 11.2 Å². The van der Waals surface area contributed by atoms with Crippen molar-refractivity contribution in [3.63, 3.8) is 0 Å². The molecule has 0 unspecified atom stereocenters. The lowest BCUT2D eigenvalue weighted by Gasteiger charge is -2.41. The Morgan fingerprint density at radius 3 is 2.41 bits per heavy atom. The standard InChI is InChI=1S/C23H30FNOS/c1-2-18-26-23(19-27-22-10-8-21(24)9-11-22)13-16-25(17-14-23)15-12-20-6-4-3-5-7-20/h3-11H,2,12-19H2,1H3. The SMILES string of the molecule is CCCOC1(CSc2ccc(F)cc2)CCN(CCc2ccccc2)CC1. The van der Waals surface area contributed by atoms with E-state index in [1.807, 2.05) is 12.1 Å². The van der Waals surface area contributed by atoms with Gasteiger partial charge in [-0.2, -0.15) is 0 Å². The third-order valence-corrected chi connectivity index (χ3v) is 6.53. The molecule has 0 saturated carbocycles. The van der Waals surface area contributed by atoms with Crippen molar-refractivity contribution >= 4 is 11.8 Å². The van der Waals surface area contributed by atoms with Gasteiger partial charge in [0.2, 0.25) is 0 Å². The number of benzene rings is 2. The van der Waals surface area contributed by atoms with Crippen LogP contribution in [0.25, 0.3) is 0 Å². The molecule has 3 rings (SSSR count). The molecular formula is C23H30FNOS. The molecule has 27 heavy (non-hydrogen) atoms. The van der Waals surface area contributed by atoms with Crippen LogP contribution in [0.5, 0.6) is 0 Å². The fraction of sp³-hybridized carbons (Fsp3) is 0.478. The average Bonchev–Trinajstić information content (AvgIpc) is 2.72. The Morgan fingerprint density at radius 2 is 1.74 bits per heavy atom. The summed E-state index contributed by atoms with van der Waals surface area (Å²) >= 11 is 1.79. The molecule has 1 fully saturated rings. The molecule has 0 amide bonds. The average molecular weight is 388 g/mol. The summed E-state index contributed by atoms with van der Waals surface area (Å²) in [6.45, 7) is 6.25. The van der Waals surface area contributed by atoms with E-state index in [0.717, 1.165) is 62.6 Å². The number of thioether (sulfide) groups is 1. The zero-order chi connectivity index (χ0) is 19.0. The Labute approximate surface area is 167 Å². The largest absolute Gasteiger partial charge is 0.374 e. The van der Waals surface area contributed by atoms with Gasteiger partial charge in [0.25, 0.3) is 0 Å². The van der Waals surface area contributed by atoms with Gasteiger partial charge in [0.15, 0.2) is 0 Å². The second-order valence-electron chi connectivity index (χ2n) is 7.35. The number of piperidine rings is 1. The molecule has 146 valence electrons. The van der Waals surface area contributed by atoms with Crippen LogP contribution in [-0.4, -0.2) is 42.5 Å². The fourth-order valence-corrected chi connectivity index (χ4v) is 4.64. The van der Waals surface area contributed by atoms with Crippen LogP contribution < -0.4 is 0 Å². The van der Waals surface area contributed by atoms with Gasteiger partial charge in [-0.3, -0.25) is 0 Å². The maximum atomic E-state index is 13.1. The van der Waals surface area contributed by atoms with Crippen LogP contribution >= 0.6 is 11.8 Å². The Bertz CT molecular complexity index is 669. The maximum Gasteiger partial charge on any atom is 0.123 e. The summed E-state index contributed by atoms with van der Waals surface area (Å²) in [6, 6.07) is 17.5. The van der Waals surface area contributed by atoms with E-state index in [-0.39, 0.29) is 11.4 Å². The van der Waals surface area contributed by atoms with Gasteiger partial charge in [-0.1, -0.05) is 37.3 Å². The van der Waals surface area contributed by atoms with E-state index in [1.165, 1.54) is 17.7 Å². The van der Waals surface area contributed by atoms with Crippen LogP contribution in [0.3, 0.4) is 0 Å². The molecule has 2 aromatic carbocycles. The Balaban J connectivity index is 1.51. The lowest BCUT2D eigenvalue weighted by molar-refractivity contribution is -0.0669. The van der Waals surface area contributed by atoms with E-state index in [2.05, 4.69) is 42.2 Å². The maximum absolute atomic E-state index is 13.1. The van der Waals surface area contributed by atoms with E-state index in [0.29, 0.717) is 0 Å². The summed E-state index contributed by atoms with van der Waals surface area (Å²) in [5.74, 6) is 0.758. The van der Waals surface area contributed by atoms with Gasteiger partial charge >= 0.3 is 0 Å². The second-order valence-corrected chi connectivity index (χ2v) is 8.40. The molecule has 1 heterocycles. The highest BCUT2D eigenvalue weighted by Crippen LogP contribution is 2.33. The Morgan fingerprint density at radius 1 is 1.04 bits per heavy atom. The van der Waals surface area contributed by atoms with Crippen molar-refractivity contribution in [2.24, 2.45) is 0 Å². The minimum Gasteiger partial charge on any atom is -0.374 e. The summed E-state index contributed by atoms with van der Waals surface area (Å²) in [6.07, 6.45) is 4.28. The molecule has 2 nitrogen and oxygen atoms in total. The predicted octanol–water partition coefficient (Wildman–Crippen LogP) is 5.42. The highest BCUT2D eigenvalue weighted by molar-refractivity contribution is 7.99. The number of hydrogen-bond donors (Lipinski definition) is 0. The lowest BCUT2D eigenvalue weighted by Crippen LogP contribution is -2.48. The number of hydrogen-bond acceptors (Lipinski definition) is 3. The number of halogens is 1. The second kappa shape index (κ2) is 10.3. The molecule has 2 aromatic rings. The van der Waals surface area contributed by atoms with E-state index in [1.54, 1.807) is 11.8 Å². The van der Waals surface area contributed by atoms with E-state index in [4.69, 9.17) is 4.74 Å². The van der Waals surface area contributed by atoms with Gasteiger partial charge in [-0.15, -0.1) is 11.8 Å². The van der Waals surface area contributed by atoms with Gasteiger partial charge in [-0.05, 0) is 55.5 Å². The van der Waals surface area contributed by atoms with Gasteiger partial charge in [-0.25, -0.2) is 4.39 Å². The molecule has 1 aliphatic heterocycles. The first-order chi connectivity index (χ1) is 13.2. The van der Waals surface area contributed by atoms with Crippen LogP contribution in [0.1, 0.15) is 31.7 Å². The molecule has 0 N–H and O–H groups in total. The smallest absolute Gasteiger partial charge is 0.123 e. The molecule has 0 aliphatic carbocycles. The minimum atomic E-state index is -0.178. The topological polar surface area (TPSA) is 12.5 Å². The molecule has 0 bridgehead atoms. The molecule has 4 heteroatoms. The molecular weight excluding hydrogens is 357 g/mol. The molecule has 0 aromatic heterocycles. The van der Waals surface area contributed by atoms with Crippen molar-refractivity contribution in [1.29, 1.82) is 0 Å². The number of nitrogens with zero attached hydrogens (tertiary/aromatic N) is 1. The highest BCUT2D eigenvalue weighted by Gasteiger charge is 2.35. The first kappa shape index (κ1) is 20.4. The monoisotopic (exact) mass is 387 g/mol. The molecule has 0 atom stereocenters. The van der Waals surface area contributed by atoms with Crippen molar-refractivity contribution in [3.8, 4) is 0 Å². The zero-order valence-electron chi connectivity index (χ0n) is 16.2. The lowest BCUT2D eigenvalue weighted by atomic mass is 9.92. The third kappa shape index (κ3) is 6.34. The number of rotatable bonds is 9. The van der Waals surface area contributed by atoms with Gasteiger partial charge in [0, 0.05) is 36.9 Å². The first-order valence-corrected chi connectivity index (χ1v) is 11.0. The minimum absolute atomic E-state index is 0.0572. The Hall–Kier alpha value is -1.36. The van der Waals surface area contributed by atoms with Gasteiger partial charge in [0.1, 0.15) is 5.82 Å². The first-order valence-electron chi connectivity index (χ1n) is 9.98. The molecule has 0 radical (unpaired) electrons. The summed E-state index contributed by atoms with van der Waals surface area (Å²) in [5, 5.41) is 0. The van der Waals surface area contributed by atoms with Gasteiger partial charge < -0.3 is 9.64 Å². The van der Waals surface area contributed by atoms with Crippen molar-refractivity contribution in [2.75, 3.05) is 32.0 Å². The van der Waals surface area contributed by atoms with Gasteiger partial charge in [0.05, 0.1) is 5.60 Å². The third-order valence-electron chi connectivity index (χ3n) is 5.25. The van der Waals surface area contributed by atoms with E-state index >= 15 is 0 Å². The summed E-state index contributed by atoms with van der Waals surface area (Å²) in [7, 11) is 0. The molecule has 1 aliphatic rings. The van der Waals surface area contributed by atoms with Crippen molar-refractivity contribution in [3.05, 3.63) is 66.0 Å². The van der Waals surface area contributed by atoms with Crippen molar-refractivity contribution in [1.82, 2.24) is 4.90 Å². The van der Waals surface area contributed by atoms with Crippen LogP contribution in [0.15, 0.2) is 59.5 Å². The van der Waals surface area contributed by atoms with E-state index < -0.39 is 0 Å². The van der Waals surface area contributed by atoms with Crippen molar-refractivity contribution < 1.29 is 9.13 Å². The van der Waals surface area contributed by atoms with E-state index in [9.17, 15) is 4.39 Å². The quantitative estimate of drug-likeness (QED) is 0.533. The van der Waals surface area contributed by atoms with Crippen LogP contribution in [0.4, 0.5) is 4.39 Å².